The zero-order valence-electron chi connectivity index (χ0n) is 17.0. The fourth-order valence-corrected chi connectivity index (χ4v) is 7.63. The van der Waals surface area contributed by atoms with E-state index in [4.69, 9.17) is 9.47 Å². The third-order valence-corrected chi connectivity index (χ3v) is 9.13. The van der Waals surface area contributed by atoms with Crippen molar-refractivity contribution in [2.45, 2.75) is 90.3 Å². The third-order valence-electron chi connectivity index (χ3n) is 9.13. The van der Waals surface area contributed by atoms with Gasteiger partial charge in [-0.3, -0.25) is 4.79 Å². The highest BCUT2D eigenvalue weighted by Crippen LogP contribution is 2.64. The van der Waals surface area contributed by atoms with Gasteiger partial charge in [0, 0.05) is 13.0 Å². The first kappa shape index (κ1) is 18.4. The predicted octanol–water partition coefficient (Wildman–Crippen LogP) is 5.43. The van der Waals surface area contributed by atoms with Crippen LogP contribution in [0.3, 0.4) is 0 Å². The Hall–Kier alpha value is -0.670. The summed E-state index contributed by atoms with van der Waals surface area (Å²) in [4.78, 5) is 13.1. The minimum atomic E-state index is -0.210. The minimum absolute atomic E-state index is 0.0754. The molecule has 3 nitrogen and oxygen atoms in total. The van der Waals surface area contributed by atoms with Gasteiger partial charge >= 0.3 is 0 Å². The van der Waals surface area contributed by atoms with Gasteiger partial charge in [-0.05, 0) is 87.4 Å². The van der Waals surface area contributed by atoms with Crippen LogP contribution in [0.5, 0.6) is 0 Å². The first-order chi connectivity index (χ1) is 13.1. The highest BCUT2D eigenvalue weighted by Gasteiger charge is 2.60. The number of allylic oxidation sites excluding steroid dienone is 2. The Morgan fingerprint density at radius 3 is 2.85 bits per heavy atom. The smallest absolute Gasteiger partial charge is 0.157 e. The summed E-state index contributed by atoms with van der Waals surface area (Å²) in [6, 6.07) is 0. The fourth-order valence-electron chi connectivity index (χ4n) is 7.63. The summed E-state index contributed by atoms with van der Waals surface area (Å²) in [6.45, 7) is 3.97. The molecular formula is C24H36O3. The van der Waals surface area contributed by atoms with E-state index in [0.717, 1.165) is 44.6 Å². The molecule has 0 spiro atoms. The monoisotopic (exact) mass is 372 g/mol. The van der Waals surface area contributed by atoms with Gasteiger partial charge in [0.15, 0.2) is 6.29 Å². The van der Waals surface area contributed by atoms with Crippen molar-refractivity contribution >= 4 is 5.78 Å². The zero-order valence-corrected chi connectivity index (χ0v) is 17.0. The lowest BCUT2D eigenvalue weighted by atomic mass is 9.48. The van der Waals surface area contributed by atoms with Gasteiger partial charge in [0.25, 0.3) is 0 Å². The zero-order chi connectivity index (χ0) is 18.5. The molecule has 1 heterocycles. The van der Waals surface area contributed by atoms with Gasteiger partial charge in [-0.1, -0.05) is 25.0 Å². The Morgan fingerprint density at radius 2 is 2.00 bits per heavy atom. The number of hydrogen-bond acceptors (Lipinski definition) is 3. The van der Waals surface area contributed by atoms with E-state index in [-0.39, 0.29) is 11.7 Å². The standard InChI is InChI=1S/C24H36O3/c1-23-13-4-2-6-17(23)8-9-18-19(23)12-14-24(20(18)10-11-21(24)25)16-27-22-7-3-5-15-26-22/h8,18-20,22H,2-7,9-16H2,1H3/t18-,19+,20+,22?,23+,24-/m1/s1. The number of ketones is 1. The van der Waals surface area contributed by atoms with Crippen LogP contribution in [0.4, 0.5) is 0 Å². The average Bonchev–Trinajstić information content (AvgIpc) is 3.04. The van der Waals surface area contributed by atoms with Gasteiger partial charge in [0.2, 0.25) is 0 Å². The number of Topliss-reactive ketones (excluding diaryl/α,β-unsaturated/α-hetero) is 1. The summed E-state index contributed by atoms with van der Waals surface area (Å²) < 4.78 is 12.1. The van der Waals surface area contributed by atoms with Gasteiger partial charge in [0.05, 0.1) is 12.0 Å². The Kier molecular flexibility index (Phi) is 4.75. The average molecular weight is 373 g/mol. The van der Waals surface area contributed by atoms with Crippen LogP contribution >= 0.6 is 0 Å². The molecule has 6 atom stereocenters. The molecule has 27 heavy (non-hydrogen) atoms. The van der Waals surface area contributed by atoms with Crippen molar-refractivity contribution in [1.29, 1.82) is 0 Å². The van der Waals surface area contributed by atoms with Crippen LogP contribution in [-0.4, -0.2) is 25.3 Å². The van der Waals surface area contributed by atoms with E-state index in [1.54, 1.807) is 5.57 Å². The Bertz CT molecular complexity index is 619. The lowest BCUT2D eigenvalue weighted by molar-refractivity contribution is -0.192. The van der Waals surface area contributed by atoms with Gasteiger partial charge in [-0.15, -0.1) is 0 Å². The van der Waals surface area contributed by atoms with Crippen LogP contribution < -0.4 is 0 Å². The number of carbonyl (C=O) groups is 1. The van der Waals surface area contributed by atoms with Crippen molar-refractivity contribution in [3.8, 4) is 0 Å². The minimum Gasteiger partial charge on any atom is -0.353 e. The molecule has 0 N–H and O–H groups in total. The molecule has 150 valence electrons. The second-order valence-corrected chi connectivity index (χ2v) is 10.2. The van der Waals surface area contributed by atoms with Crippen LogP contribution in [0.15, 0.2) is 11.6 Å². The number of ether oxygens (including phenoxy) is 2. The Morgan fingerprint density at radius 1 is 1.07 bits per heavy atom. The topological polar surface area (TPSA) is 35.5 Å². The highest BCUT2D eigenvalue weighted by atomic mass is 16.7. The summed E-state index contributed by atoms with van der Waals surface area (Å²) in [6.07, 6.45) is 16.6. The summed E-state index contributed by atoms with van der Waals surface area (Å²) in [5, 5.41) is 0. The van der Waals surface area contributed by atoms with Crippen LogP contribution in [0.2, 0.25) is 0 Å². The van der Waals surface area contributed by atoms with Crippen molar-refractivity contribution in [2.75, 3.05) is 13.2 Å². The maximum absolute atomic E-state index is 13.1. The molecule has 0 aromatic heterocycles. The molecule has 1 saturated heterocycles. The number of hydrogen-bond donors (Lipinski definition) is 0. The molecule has 5 aliphatic rings. The van der Waals surface area contributed by atoms with E-state index in [0.29, 0.717) is 29.6 Å². The quantitative estimate of drug-likeness (QED) is 0.620. The summed E-state index contributed by atoms with van der Waals surface area (Å²) >= 11 is 0. The molecule has 0 aromatic carbocycles. The van der Waals surface area contributed by atoms with Crippen LogP contribution in [0.25, 0.3) is 0 Å². The van der Waals surface area contributed by atoms with Crippen molar-refractivity contribution in [1.82, 2.24) is 0 Å². The van der Waals surface area contributed by atoms with Gasteiger partial charge in [-0.2, -0.15) is 0 Å². The molecule has 1 aliphatic heterocycles. The molecule has 5 rings (SSSR count). The Labute approximate surface area is 164 Å². The summed E-state index contributed by atoms with van der Waals surface area (Å²) in [5.74, 6) is 2.50. The first-order valence-corrected chi connectivity index (χ1v) is 11.6. The van der Waals surface area contributed by atoms with E-state index < -0.39 is 0 Å². The normalized spacial score (nSPS) is 47.0. The molecule has 3 heteroatoms. The molecule has 3 saturated carbocycles. The summed E-state index contributed by atoms with van der Waals surface area (Å²) in [5.41, 5.74) is 1.95. The lowest BCUT2D eigenvalue weighted by Crippen LogP contribution is -2.52. The van der Waals surface area contributed by atoms with Crippen molar-refractivity contribution in [2.24, 2.45) is 28.6 Å². The largest absolute Gasteiger partial charge is 0.353 e. The first-order valence-electron chi connectivity index (χ1n) is 11.6. The van der Waals surface area contributed by atoms with E-state index in [2.05, 4.69) is 13.0 Å². The fraction of sp³-hybridized carbons (Fsp3) is 0.875. The SMILES string of the molecule is C[C@]12CCCCC1=CC[C@H]1[C@@H]3CCC(=O)[C@@]3(COC3CCCCO3)CC[C@@H]12. The second kappa shape index (κ2) is 6.99. The number of fused-ring (bicyclic) bond motifs is 5. The van der Waals surface area contributed by atoms with E-state index in [1.165, 1.54) is 44.9 Å². The van der Waals surface area contributed by atoms with Gasteiger partial charge in [0.1, 0.15) is 5.78 Å². The van der Waals surface area contributed by atoms with E-state index in [1.807, 2.05) is 0 Å². The lowest BCUT2D eigenvalue weighted by Gasteiger charge is -2.57. The van der Waals surface area contributed by atoms with Crippen LogP contribution in [-0.2, 0) is 14.3 Å². The molecule has 1 unspecified atom stereocenters. The molecule has 4 aliphatic carbocycles. The molecule has 4 fully saturated rings. The third kappa shape index (κ3) is 2.87. The predicted molar refractivity (Wildman–Crippen MR) is 105 cm³/mol. The van der Waals surface area contributed by atoms with Crippen molar-refractivity contribution in [3.63, 3.8) is 0 Å². The second-order valence-electron chi connectivity index (χ2n) is 10.2. The van der Waals surface area contributed by atoms with Crippen LogP contribution in [0, 0.1) is 28.6 Å². The Balaban J connectivity index is 1.38. The number of rotatable bonds is 3. The summed E-state index contributed by atoms with van der Waals surface area (Å²) in [7, 11) is 0. The van der Waals surface area contributed by atoms with Gasteiger partial charge in [-0.25, -0.2) is 0 Å². The number of carbonyl (C=O) groups excluding carboxylic acids is 1. The maximum Gasteiger partial charge on any atom is 0.157 e. The molecule has 0 aromatic rings. The molecular weight excluding hydrogens is 336 g/mol. The van der Waals surface area contributed by atoms with Crippen molar-refractivity contribution < 1.29 is 14.3 Å². The van der Waals surface area contributed by atoms with Crippen LogP contribution in [0.1, 0.15) is 84.0 Å². The molecule has 0 amide bonds. The molecule has 0 radical (unpaired) electrons. The van der Waals surface area contributed by atoms with Gasteiger partial charge < -0.3 is 9.47 Å². The van der Waals surface area contributed by atoms with E-state index in [9.17, 15) is 4.79 Å². The highest BCUT2D eigenvalue weighted by molar-refractivity contribution is 5.87. The van der Waals surface area contributed by atoms with E-state index >= 15 is 0 Å². The van der Waals surface area contributed by atoms with Crippen molar-refractivity contribution in [3.05, 3.63) is 11.6 Å². The maximum atomic E-state index is 13.1. The molecule has 0 bridgehead atoms.